The number of hydrogen-bond acceptors (Lipinski definition) is 0. The Kier molecular flexibility index (Phi) is 5.91. The lowest BCUT2D eigenvalue weighted by atomic mass is 9.57. The molecule has 0 radical (unpaired) electrons. The van der Waals surface area contributed by atoms with Gasteiger partial charge < -0.3 is 0 Å². The minimum atomic E-state index is 0.300. The van der Waals surface area contributed by atoms with Crippen LogP contribution in [0, 0.1) is 17.3 Å². The van der Waals surface area contributed by atoms with E-state index in [1.54, 1.807) is 22.3 Å². The molecule has 4 atom stereocenters. The van der Waals surface area contributed by atoms with Gasteiger partial charge in [-0.15, -0.1) is 0 Å². The average Bonchev–Trinajstić information content (AvgIpc) is 3.44. The Balaban J connectivity index is 1.68. The fraction of sp³-hybridized carbons (Fsp3) is 0.500. The minimum absolute atomic E-state index is 0.300. The molecule has 0 aromatic heterocycles. The molecule has 3 aliphatic rings. The lowest BCUT2D eigenvalue weighted by Crippen LogP contribution is -2.35. The van der Waals surface area contributed by atoms with Crippen molar-refractivity contribution in [1.82, 2.24) is 0 Å². The summed E-state index contributed by atoms with van der Waals surface area (Å²) in [6.45, 7) is 9.52. The zero-order valence-corrected chi connectivity index (χ0v) is 20.5. The van der Waals surface area contributed by atoms with Crippen LogP contribution in [-0.4, -0.2) is 0 Å². The van der Waals surface area contributed by atoms with Crippen LogP contribution >= 0.6 is 0 Å². The second-order valence-corrected chi connectivity index (χ2v) is 10.8. The lowest BCUT2D eigenvalue weighted by Gasteiger charge is -2.46. The molecular weight excluding hydrogens is 384 g/mol. The van der Waals surface area contributed by atoms with Crippen molar-refractivity contribution in [3.8, 4) is 0 Å². The number of allylic oxidation sites excluding steroid dienone is 4. The van der Waals surface area contributed by atoms with E-state index in [-0.39, 0.29) is 0 Å². The van der Waals surface area contributed by atoms with Gasteiger partial charge in [0, 0.05) is 11.8 Å². The zero-order chi connectivity index (χ0) is 22.3. The van der Waals surface area contributed by atoms with Crippen molar-refractivity contribution in [2.75, 3.05) is 0 Å². The Hall–Kier alpha value is -2.08. The third-order valence-corrected chi connectivity index (χ3v) is 9.22. The second-order valence-electron chi connectivity index (χ2n) is 10.8. The molecule has 0 amide bonds. The first-order chi connectivity index (χ1) is 15.6. The van der Waals surface area contributed by atoms with Crippen LogP contribution in [0.25, 0.3) is 11.1 Å². The van der Waals surface area contributed by atoms with Gasteiger partial charge in [-0.3, -0.25) is 0 Å². The molecule has 0 bridgehead atoms. The van der Waals surface area contributed by atoms with Gasteiger partial charge in [0.1, 0.15) is 0 Å². The van der Waals surface area contributed by atoms with E-state index in [0.29, 0.717) is 29.1 Å². The van der Waals surface area contributed by atoms with Gasteiger partial charge in [-0.25, -0.2) is 0 Å². The molecule has 0 nitrogen and oxygen atoms in total. The van der Waals surface area contributed by atoms with Crippen LogP contribution in [0.2, 0.25) is 0 Å². The summed E-state index contributed by atoms with van der Waals surface area (Å²) in [6, 6.07) is 18.7. The van der Waals surface area contributed by atoms with Crippen LogP contribution in [0.3, 0.4) is 0 Å². The van der Waals surface area contributed by atoms with E-state index >= 15 is 0 Å². The lowest BCUT2D eigenvalue weighted by molar-refractivity contribution is 0.144. The molecule has 0 heteroatoms. The molecule has 3 aliphatic carbocycles. The van der Waals surface area contributed by atoms with E-state index in [9.17, 15) is 0 Å². The zero-order valence-electron chi connectivity index (χ0n) is 20.5. The molecule has 2 aromatic carbocycles. The van der Waals surface area contributed by atoms with Gasteiger partial charge in [0.15, 0.2) is 0 Å². The fourth-order valence-electron chi connectivity index (χ4n) is 7.06. The van der Waals surface area contributed by atoms with E-state index in [4.69, 9.17) is 0 Å². The molecule has 0 spiro atoms. The summed E-state index contributed by atoms with van der Waals surface area (Å²) in [5.74, 6) is 2.33. The van der Waals surface area contributed by atoms with Crippen LogP contribution in [0.15, 0.2) is 60.7 Å². The van der Waals surface area contributed by atoms with Gasteiger partial charge >= 0.3 is 0 Å². The summed E-state index contributed by atoms with van der Waals surface area (Å²) < 4.78 is 0. The van der Waals surface area contributed by atoms with E-state index in [2.05, 4.69) is 88.4 Å². The number of rotatable bonds is 6. The predicted molar refractivity (Wildman–Crippen MR) is 139 cm³/mol. The molecule has 32 heavy (non-hydrogen) atoms. The summed E-state index contributed by atoms with van der Waals surface area (Å²) >= 11 is 0. The maximum Gasteiger partial charge on any atom is 0.00954 e. The highest BCUT2D eigenvalue weighted by Gasteiger charge is 2.50. The van der Waals surface area contributed by atoms with Gasteiger partial charge in [0.2, 0.25) is 0 Å². The van der Waals surface area contributed by atoms with Crippen LogP contribution in [0.4, 0.5) is 0 Å². The van der Waals surface area contributed by atoms with Crippen molar-refractivity contribution in [2.45, 2.75) is 84.5 Å². The topological polar surface area (TPSA) is 0 Å². The van der Waals surface area contributed by atoms with Gasteiger partial charge in [-0.2, -0.15) is 0 Å². The minimum Gasteiger partial charge on any atom is -0.0723 e. The molecule has 4 unspecified atom stereocenters. The summed E-state index contributed by atoms with van der Waals surface area (Å²) in [4.78, 5) is 0. The monoisotopic (exact) mass is 424 g/mol. The molecule has 0 heterocycles. The van der Waals surface area contributed by atoms with Crippen LogP contribution in [-0.2, 0) is 0 Å². The summed E-state index contributed by atoms with van der Waals surface area (Å²) in [5, 5.41) is 0. The van der Waals surface area contributed by atoms with E-state index in [1.165, 1.54) is 56.1 Å². The normalized spacial score (nSPS) is 25.5. The van der Waals surface area contributed by atoms with Crippen molar-refractivity contribution in [3.63, 3.8) is 0 Å². The first-order valence-electron chi connectivity index (χ1n) is 13.2. The van der Waals surface area contributed by atoms with Crippen LogP contribution in [0.5, 0.6) is 0 Å². The van der Waals surface area contributed by atoms with Crippen molar-refractivity contribution >= 4 is 11.1 Å². The largest absolute Gasteiger partial charge is 0.0723 e. The SMILES string of the molecule is CCC(C)C1=CC(C2(C3C=C(C(C)CC)c4ccccc43)CCCCC2)c2ccccc21. The number of fused-ring (bicyclic) bond motifs is 2. The second kappa shape index (κ2) is 8.69. The van der Waals surface area contributed by atoms with E-state index in [1.807, 2.05) is 0 Å². The smallest absolute Gasteiger partial charge is 0.00954 e. The standard InChI is InChI=1S/C32H40/c1-5-22(3)28-20-30(26-16-10-8-14-24(26)28)32(18-12-7-13-19-32)31-21-29(23(4)6-2)25-15-9-11-17-27(25)31/h8-11,14-17,20-23,30-31H,5-7,12-13,18-19H2,1-4H3. The van der Waals surface area contributed by atoms with E-state index in [0.717, 1.165) is 0 Å². The quantitative estimate of drug-likeness (QED) is 0.433. The molecule has 2 aromatic rings. The van der Waals surface area contributed by atoms with Gasteiger partial charge in [0.25, 0.3) is 0 Å². The summed E-state index contributed by atoms with van der Waals surface area (Å²) in [6.07, 6.45) is 14.7. The highest BCUT2D eigenvalue weighted by molar-refractivity contribution is 5.79. The number of hydrogen-bond donors (Lipinski definition) is 0. The van der Waals surface area contributed by atoms with Gasteiger partial charge in [-0.1, -0.05) is 108 Å². The molecule has 0 aliphatic heterocycles. The molecule has 168 valence electrons. The van der Waals surface area contributed by atoms with E-state index < -0.39 is 0 Å². The van der Waals surface area contributed by atoms with Gasteiger partial charge in [-0.05, 0) is 76.3 Å². The molecule has 1 saturated carbocycles. The molecular formula is C32H40. The molecule has 0 N–H and O–H groups in total. The fourth-order valence-corrected chi connectivity index (χ4v) is 7.06. The third kappa shape index (κ3) is 3.33. The predicted octanol–water partition coefficient (Wildman–Crippen LogP) is 9.39. The van der Waals surface area contributed by atoms with Crippen molar-refractivity contribution in [3.05, 3.63) is 82.9 Å². The maximum absolute atomic E-state index is 2.72. The van der Waals surface area contributed by atoms with Crippen molar-refractivity contribution in [2.24, 2.45) is 17.3 Å². The Morgan fingerprint density at radius 3 is 1.56 bits per heavy atom. The highest BCUT2D eigenvalue weighted by atomic mass is 14.5. The molecule has 1 fully saturated rings. The van der Waals surface area contributed by atoms with Crippen molar-refractivity contribution < 1.29 is 0 Å². The van der Waals surface area contributed by atoms with Crippen LogP contribution < -0.4 is 0 Å². The maximum atomic E-state index is 2.72. The Morgan fingerprint density at radius 1 is 0.688 bits per heavy atom. The van der Waals surface area contributed by atoms with Gasteiger partial charge in [0.05, 0.1) is 0 Å². The van der Waals surface area contributed by atoms with Crippen molar-refractivity contribution in [1.29, 1.82) is 0 Å². The number of benzene rings is 2. The first kappa shape index (κ1) is 21.7. The summed E-state index contributed by atoms with van der Waals surface area (Å²) in [5.41, 5.74) is 9.80. The highest BCUT2D eigenvalue weighted by Crippen LogP contribution is 2.63. The molecule has 0 saturated heterocycles. The molecule has 5 rings (SSSR count). The summed E-state index contributed by atoms with van der Waals surface area (Å²) in [7, 11) is 0. The Morgan fingerprint density at radius 2 is 1.12 bits per heavy atom. The Bertz CT molecular complexity index is 952. The Labute approximate surface area is 195 Å². The third-order valence-electron chi connectivity index (χ3n) is 9.22. The average molecular weight is 425 g/mol. The van der Waals surface area contributed by atoms with Crippen LogP contribution in [0.1, 0.15) is 107 Å². The first-order valence-corrected chi connectivity index (χ1v) is 13.2.